The molecular weight excluding hydrogens is 335 g/mol. The van der Waals surface area contributed by atoms with Crippen LogP contribution in [0.25, 0.3) is 16.9 Å². The van der Waals surface area contributed by atoms with Crippen LogP contribution in [-0.2, 0) is 6.18 Å². The molecule has 0 radical (unpaired) electrons. The van der Waals surface area contributed by atoms with Crippen molar-refractivity contribution in [3.05, 3.63) is 60.6 Å². The van der Waals surface area contributed by atoms with Gasteiger partial charge in [-0.3, -0.25) is 0 Å². The smallest absolute Gasteiger partial charge is 0.236 e. The summed E-state index contributed by atoms with van der Waals surface area (Å²) < 4.78 is 39.6. The van der Waals surface area contributed by atoms with Gasteiger partial charge in [-0.2, -0.15) is 18.3 Å². The molecule has 0 aliphatic rings. The highest BCUT2D eigenvalue weighted by atomic mass is 32.2. The fraction of sp³-hybridized carbons (Fsp3) is 0.176. The van der Waals surface area contributed by atoms with Crippen LogP contribution in [0, 0.1) is 0 Å². The second-order valence-corrected chi connectivity index (χ2v) is 6.31. The molecule has 0 unspecified atom stereocenters. The zero-order valence-corrected chi connectivity index (χ0v) is 13.6. The van der Waals surface area contributed by atoms with E-state index in [1.54, 1.807) is 35.0 Å². The van der Waals surface area contributed by atoms with E-state index < -0.39 is 11.7 Å². The van der Waals surface area contributed by atoms with Gasteiger partial charge >= 0.3 is 6.18 Å². The lowest BCUT2D eigenvalue weighted by Gasteiger charge is -2.07. The molecular formula is C17H14F3N3S. The van der Waals surface area contributed by atoms with E-state index in [9.17, 15) is 13.2 Å². The van der Waals surface area contributed by atoms with E-state index in [2.05, 4.69) is 17.0 Å². The Labute approximate surface area is 141 Å². The van der Waals surface area contributed by atoms with Crippen LogP contribution in [0.1, 0.15) is 12.5 Å². The molecule has 1 aromatic carbocycles. The third kappa shape index (κ3) is 3.46. The number of pyridine rings is 1. The lowest BCUT2D eigenvalue weighted by Crippen LogP contribution is -2.03. The Morgan fingerprint density at radius 1 is 1.08 bits per heavy atom. The van der Waals surface area contributed by atoms with Crippen LogP contribution in [0.4, 0.5) is 13.2 Å². The predicted octanol–water partition coefficient (Wildman–Crippen LogP) is 5.07. The highest BCUT2D eigenvalue weighted by Gasteiger charge is 2.30. The molecule has 3 nitrogen and oxygen atoms in total. The van der Waals surface area contributed by atoms with Crippen LogP contribution in [0.5, 0.6) is 0 Å². The number of hydrogen-bond donors (Lipinski definition) is 0. The Morgan fingerprint density at radius 3 is 2.50 bits per heavy atom. The Bertz CT molecular complexity index is 826. The maximum atomic E-state index is 12.6. The monoisotopic (exact) mass is 349 g/mol. The topological polar surface area (TPSA) is 30.7 Å². The molecule has 0 atom stereocenters. The molecule has 0 saturated heterocycles. The summed E-state index contributed by atoms with van der Waals surface area (Å²) in [6, 6.07) is 8.88. The van der Waals surface area contributed by atoms with Gasteiger partial charge in [0.1, 0.15) is 0 Å². The van der Waals surface area contributed by atoms with Gasteiger partial charge in [0, 0.05) is 18.0 Å². The third-order valence-electron chi connectivity index (χ3n) is 3.40. The zero-order chi connectivity index (χ0) is 17.2. The normalized spacial score (nSPS) is 11.7. The second kappa shape index (κ2) is 6.68. The first-order valence-corrected chi connectivity index (χ1v) is 8.28. The van der Waals surface area contributed by atoms with Gasteiger partial charge in [0.15, 0.2) is 5.82 Å². The summed E-state index contributed by atoms with van der Waals surface area (Å²) >= 11 is 1.66. The minimum Gasteiger partial charge on any atom is -0.236 e. The van der Waals surface area contributed by atoms with E-state index in [0.717, 1.165) is 28.3 Å². The minimum absolute atomic E-state index is 0.662. The molecule has 2 heterocycles. The molecule has 124 valence electrons. The van der Waals surface area contributed by atoms with Gasteiger partial charge in [-0.1, -0.05) is 19.1 Å². The molecule has 0 spiro atoms. The van der Waals surface area contributed by atoms with Crippen molar-refractivity contribution in [2.45, 2.75) is 18.0 Å². The lowest BCUT2D eigenvalue weighted by molar-refractivity contribution is -0.137. The maximum Gasteiger partial charge on any atom is 0.416 e. The summed E-state index contributed by atoms with van der Waals surface area (Å²) in [5, 5.41) is 4.30. The summed E-state index contributed by atoms with van der Waals surface area (Å²) in [5.41, 5.74) is 0.752. The first-order valence-electron chi connectivity index (χ1n) is 7.29. The number of thioether (sulfide) groups is 1. The minimum atomic E-state index is -4.33. The molecule has 3 aromatic rings. The molecule has 0 fully saturated rings. The van der Waals surface area contributed by atoms with Crippen LogP contribution in [0.15, 0.2) is 59.9 Å². The number of hydrogen-bond acceptors (Lipinski definition) is 3. The summed E-state index contributed by atoms with van der Waals surface area (Å²) in [6.45, 7) is 2.05. The summed E-state index contributed by atoms with van der Waals surface area (Å²) in [4.78, 5) is 5.35. The van der Waals surface area contributed by atoms with Crippen LogP contribution in [-0.4, -0.2) is 20.5 Å². The van der Waals surface area contributed by atoms with Crippen molar-refractivity contribution in [2.24, 2.45) is 0 Å². The first-order chi connectivity index (χ1) is 11.5. The van der Waals surface area contributed by atoms with Crippen molar-refractivity contribution >= 4 is 11.8 Å². The van der Waals surface area contributed by atoms with E-state index in [-0.39, 0.29) is 0 Å². The van der Waals surface area contributed by atoms with E-state index in [0.29, 0.717) is 11.4 Å². The van der Waals surface area contributed by atoms with Gasteiger partial charge in [-0.25, -0.2) is 9.67 Å². The van der Waals surface area contributed by atoms with Gasteiger partial charge in [0.05, 0.1) is 16.7 Å². The summed E-state index contributed by atoms with van der Waals surface area (Å²) in [7, 11) is 0. The molecule has 7 heteroatoms. The molecule has 0 bridgehead atoms. The number of alkyl halides is 3. The van der Waals surface area contributed by atoms with E-state index in [1.165, 1.54) is 12.1 Å². The van der Waals surface area contributed by atoms with Crippen molar-refractivity contribution in [2.75, 3.05) is 5.75 Å². The van der Waals surface area contributed by atoms with Gasteiger partial charge in [-0.05, 0) is 35.6 Å². The van der Waals surface area contributed by atoms with Crippen molar-refractivity contribution < 1.29 is 13.2 Å². The average molecular weight is 349 g/mol. The van der Waals surface area contributed by atoms with Crippen LogP contribution < -0.4 is 0 Å². The molecule has 3 rings (SSSR count). The fourth-order valence-corrected chi connectivity index (χ4v) is 3.02. The molecule has 2 aromatic heterocycles. The number of nitrogens with zero attached hydrogens (tertiary/aromatic N) is 3. The quantitative estimate of drug-likeness (QED) is 0.617. The highest BCUT2D eigenvalue weighted by Crippen LogP contribution is 2.31. The zero-order valence-electron chi connectivity index (χ0n) is 12.8. The average Bonchev–Trinajstić information content (AvgIpc) is 3.05. The van der Waals surface area contributed by atoms with Gasteiger partial charge < -0.3 is 0 Å². The van der Waals surface area contributed by atoms with Crippen LogP contribution in [0.3, 0.4) is 0 Å². The van der Waals surface area contributed by atoms with Crippen molar-refractivity contribution in [1.82, 2.24) is 14.8 Å². The SMILES string of the molecule is CCSc1cccnc1-n1cc(-c2ccc(C(F)(F)F)cc2)cn1. The molecule has 0 aliphatic carbocycles. The third-order valence-corrected chi connectivity index (χ3v) is 4.31. The van der Waals surface area contributed by atoms with Gasteiger partial charge in [0.25, 0.3) is 0 Å². The number of rotatable bonds is 4. The molecule has 0 N–H and O–H groups in total. The number of benzene rings is 1. The molecule has 0 aliphatic heterocycles. The molecule has 0 amide bonds. The van der Waals surface area contributed by atoms with Gasteiger partial charge in [-0.15, -0.1) is 11.8 Å². The first kappa shape index (κ1) is 16.6. The van der Waals surface area contributed by atoms with Crippen molar-refractivity contribution in [1.29, 1.82) is 0 Å². The van der Waals surface area contributed by atoms with E-state index in [1.807, 2.05) is 12.1 Å². The van der Waals surface area contributed by atoms with E-state index >= 15 is 0 Å². The standard InChI is InChI=1S/C17H14F3N3S/c1-2-24-15-4-3-9-21-16(15)23-11-13(10-22-23)12-5-7-14(8-6-12)17(18,19)20/h3-11H,2H2,1H3. The number of aromatic nitrogens is 3. The Balaban J connectivity index is 1.91. The van der Waals surface area contributed by atoms with Crippen LogP contribution >= 0.6 is 11.8 Å². The maximum absolute atomic E-state index is 12.6. The van der Waals surface area contributed by atoms with E-state index in [4.69, 9.17) is 0 Å². The summed E-state index contributed by atoms with van der Waals surface area (Å²) in [6.07, 6.45) is 0.750. The highest BCUT2D eigenvalue weighted by molar-refractivity contribution is 7.99. The van der Waals surface area contributed by atoms with Crippen molar-refractivity contribution in [3.8, 4) is 16.9 Å². The molecule has 24 heavy (non-hydrogen) atoms. The number of halogens is 3. The predicted molar refractivity (Wildman–Crippen MR) is 88.2 cm³/mol. The Kier molecular flexibility index (Phi) is 4.62. The Morgan fingerprint density at radius 2 is 1.83 bits per heavy atom. The lowest BCUT2D eigenvalue weighted by atomic mass is 10.1. The van der Waals surface area contributed by atoms with Crippen LogP contribution in [0.2, 0.25) is 0 Å². The fourth-order valence-electron chi connectivity index (χ4n) is 2.26. The molecule has 0 saturated carbocycles. The van der Waals surface area contributed by atoms with Crippen molar-refractivity contribution in [3.63, 3.8) is 0 Å². The summed E-state index contributed by atoms with van der Waals surface area (Å²) in [5.74, 6) is 1.62. The second-order valence-electron chi connectivity index (χ2n) is 5.01. The largest absolute Gasteiger partial charge is 0.416 e. The Hall–Kier alpha value is -2.28. The van der Waals surface area contributed by atoms with Gasteiger partial charge in [0.2, 0.25) is 0 Å².